The van der Waals surface area contributed by atoms with Crippen LogP contribution in [0.3, 0.4) is 0 Å². The van der Waals surface area contributed by atoms with Crippen molar-refractivity contribution >= 4 is 17.1 Å². The van der Waals surface area contributed by atoms with Crippen molar-refractivity contribution < 1.29 is 17.7 Å². The Morgan fingerprint density at radius 1 is 0.722 bits per heavy atom. The molecule has 0 saturated carbocycles. The average molecular weight is 293 g/mol. The zero-order chi connectivity index (χ0) is 14.2. The molecule has 0 aliphatic rings. The van der Waals surface area contributed by atoms with Gasteiger partial charge in [-0.05, 0) is 40.8 Å². The second-order valence-corrected chi connectivity index (χ2v) is 10.7. The van der Waals surface area contributed by atoms with Crippen molar-refractivity contribution in [3.05, 3.63) is 11.4 Å². The standard InChI is InChI=1S/C12H28O4Si2/c1-8-13-17(6,14-9-2)12(5)18(7,15-10-3)16-11-4/h5,8-11H2,1-4,6-7H3. The molecule has 0 N–H and O–H groups in total. The van der Waals surface area contributed by atoms with Crippen LogP contribution in [0.4, 0.5) is 0 Å². The topological polar surface area (TPSA) is 36.9 Å². The summed E-state index contributed by atoms with van der Waals surface area (Å²) in [5, 5.41) is 0. The van der Waals surface area contributed by atoms with Crippen LogP contribution in [-0.2, 0) is 17.7 Å². The molecule has 0 atom stereocenters. The molecule has 0 rings (SSSR count). The van der Waals surface area contributed by atoms with Gasteiger partial charge in [0.25, 0.3) is 0 Å². The molecule has 0 unspecified atom stereocenters. The van der Waals surface area contributed by atoms with Crippen molar-refractivity contribution in [2.45, 2.75) is 40.8 Å². The van der Waals surface area contributed by atoms with Crippen LogP contribution in [-0.4, -0.2) is 43.5 Å². The van der Waals surface area contributed by atoms with E-state index in [1.54, 1.807) is 0 Å². The molecule has 0 aromatic rings. The van der Waals surface area contributed by atoms with Gasteiger partial charge in [0.2, 0.25) is 0 Å². The number of rotatable bonds is 10. The van der Waals surface area contributed by atoms with E-state index in [9.17, 15) is 0 Å². The summed E-state index contributed by atoms with van der Waals surface area (Å²) in [5.74, 6) is 0. The molecular weight excluding hydrogens is 264 g/mol. The van der Waals surface area contributed by atoms with Crippen molar-refractivity contribution in [1.29, 1.82) is 0 Å². The summed E-state index contributed by atoms with van der Waals surface area (Å²) in [6, 6.07) is 0. The average Bonchev–Trinajstić information content (AvgIpc) is 2.29. The van der Waals surface area contributed by atoms with E-state index in [-0.39, 0.29) is 0 Å². The van der Waals surface area contributed by atoms with Crippen LogP contribution in [0.1, 0.15) is 27.7 Å². The van der Waals surface area contributed by atoms with Crippen LogP contribution in [0.2, 0.25) is 13.1 Å². The molecule has 0 spiro atoms. The highest BCUT2D eigenvalue weighted by Gasteiger charge is 2.49. The summed E-state index contributed by atoms with van der Waals surface area (Å²) in [6.45, 7) is 18.6. The fourth-order valence-corrected chi connectivity index (χ4v) is 9.18. The molecule has 0 radical (unpaired) electrons. The lowest BCUT2D eigenvalue weighted by molar-refractivity contribution is 0.181. The van der Waals surface area contributed by atoms with Gasteiger partial charge in [0.05, 0.1) is 0 Å². The third kappa shape index (κ3) is 4.60. The summed E-state index contributed by atoms with van der Waals surface area (Å²) < 4.78 is 23.4. The largest absolute Gasteiger partial charge is 0.392 e. The molecule has 108 valence electrons. The SMILES string of the molecule is C=C([Si](C)(OCC)OCC)[Si](C)(OCC)OCC. The normalized spacial score (nSPS) is 12.8. The summed E-state index contributed by atoms with van der Waals surface area (Å²) in [7, 11) is -4.89. The van der Waals surface area contributed by atoms with Crippen LogP contribution in [0.5, 0.6) is 0 Å². The minimum Gasteiger partial charge on any atom is -0.392 e. The van der Waals surface area contributed by atoms with E-state index in [1.165, 1.54) is 0 Å². The third-order valence-electron chi connectivity index (χ3n) is 2.78. The summed E-state index contributed by atoms with van der Waals surface area (Å²) in [4.78, 5) is 0.919. The minimum atomic E-state index is -2.45. The smallest absolute Gasteiger partial charge is 0.365 e. The first-order valence-electron chi connectivity index (χ1n) is 6.65. The molecule has 18 heavy (non-hydrogen) atoms. The Morgan fingerprint density at radius 3 is 1.11 bits per heavy atom. The highest BCUT2D eigenvalue weighted by Crippen LogP contribution is 2.27. The molecule has 0 bridgehead atoms. The molecule has 0 aliphatic heterocycles. The van der Waals surface area contributed by atoms with E-state index in [2.05, 4.69) is 6.58 Å². The first kappa shape index (κ1) is 18.0. The van der Waals surface area contributed by atoms with Gasteiger partial charge >= 0.3 is 17.1 Å². The zero-order valence-corrected chi connectivity index (χ0v) is 14.7. The van der Waals surface area contributed by atoms with Crippen LogP contribution >= 0.6 is 0 Å². The van der Waals surface area contributed by atoms with Gasteiger partial charge in [-0.3, -0.25) is 0 Å². The van der Waals surface area contributed by atoms with Gasteiger partial charge in [-0.2, -0.15) is 0 Å². The summed E-state index contributed by atoms with van der Waals surface area (Å²) >= 11 is 0. The second-order valence-electron chi connectivity index (χ2n) is 4.10. The van der Waals surface area contributed by atoms with Crippen LogP contribution in [0.15, 0.2) is 11.4 Å². The molecule has 0 aliphatic carbocycles. The first-order chi connectivity index (χ1) is 8.40. The Balaban J connectivity index is 5.11. The third-order valence-corrected chi connectivity index (χ3v) is 11.1. The van der Waals surface area contributed by atoms with E-state index in [0.29, 0.717) is 26.4 Å². The van der Waals surface area contributed by atoms with Gasteiger partial charge in [0.15, 0.2) is 0 Å². The lowest BCUT2D eigenvalue weighted by Crippen LogP contribution is -2.55. The van der Waals surface area contributed by atoms with Crippen molar-refractivity contribution in [2.75, 3.05) is 26.4 Å². The fourth-order valence-electron chi connectivity index (χ4n) is 1.95. The highest BCUT2D eigenvalue weighted by atomic mass is 28.4. The molecule has 0 saturated heterocycles. The van der Waals surface area contributed by atoms with E-state index >= 15 is 0 Å². The molecule has 0 amide bonds. The Kier molecular flexibility index (Phi) is 8.24. The number of hydrogen-bond donors (Lipinski definition) is 0. The monoisotopic (exact) mass is 292 g/mol. The van der Waals surface area contributed by atoms with Gasteiger partial charge in [0, 0.05) is 31.2 Å². The predicted molar refractivity (Wildman–Crippen MR) is 78.9 cm³/mol. The van der Waals surface area contributed by atoms with Gasteiger partial charge in [0.1, 0.15) is 0 Å². The first-order valence-corrected chi connectivity index (χ1v) is 11.3. The van der Waals surface area contributed by atoms with Crippen molar-refractivity contribution in [1.82, 2.24) is 0 Å². The summed E-state index contributed by atoms with van der Waals surface area (Å²) in [6.07, 6.45) is 0. The lowest BCUT2D eigenvalue weighted by atomic mass is 10.9. The second kappa shape index (κ2) is 8.24. The molecular formula is C12H28O4Si2. The Labute approximate surface area is 114 Å². The lowest BCUT2D eigenvalue weighted by Gasteiger charge is -2.36. The van der Waals surface area contributed by atoms with Crippen molar-refractivity contribution in [3.8, 4) is 0 Å². The van der Waals surface area contributed by atoms with Crippen molar-refractivity contribution in [2.24, 2.45) is 0 Å². The van der Waals surface area contributed by atoms with Crippen molar-refractivity contribution in [3.63, 3.8) is 0 Å². The van der Waals surface area contributed by atoms with Crippen LogP contribution in [0.25, 0.3) is 0 Å². The van der Waals surface area contributed by atoms with Crippen LogP contribution < -0.4 is 0 Å². The van der Waals surface area contributed by atoms with E-state index in [4.69, 9.17) is 17.7 Å². The minimum absolute atomic E-state index is 0.616. The molecule has 0 heterocycles. The van der Waals surface area contributed by atoms with E-state index < -0.39 is 17.1 Å². The van der Waals surface area contributed by atoms with E-state index in [0.717, 1.165) is 4.82 Å². The Hall–Kier alpha value is 0.0138. The molecule has 4 nitrogen and oxygen atoms in total. The van der Waals surface area contributed by atoms with Gasteiger partial charge < -0.3 is 17.7 Å². The van der Waals surface area contributed by atoms with Gasteiger partial charge in [-0.15, -0.1) is 0 Å². The maximum Gasteiger partial charge on any atom is 0.365 e. The molecule has 6 heteroatoms. The maximum atomic E-state index is 5.86. The predicted octanol–water partition coefficient (Wildman–Crippen LogP) is 2.91. The molecule has 0 fully saturated rings. The number of hydrogen-bond acceptors (Lipinski definition) is 4. The zero-order valence-electron chi connectivity index (χ0n) is 12.7. The van der Waals surface area contributed by atoms with Gasteiger partial charge in [-0.25, -0.2) is 0 Å². The molecule has 0 aromatic heterocycles. The fraction of sp³-hybridized carbons (Fsp3) is 0.833. The maximum absolute atomic E-state index is 5.86. The van der Waals surface area contributed by atoms with Crippen LogP contribution in [0, 0.1) is 0 Å². The van der Waals surface area contributed by atoms with Gasteiger partial charge in [-0.1, -0.05) is 6.58 Å². The van der Waals surface area contributed by atoms with E-state index in [1.807, 2.05) is 40.8 Å². The quantitative estimate of drug-likeness (QED) is 0.580. The Morgan fingerprint density at radius 2 is 0.944 bits per heavy atom. The Bertz CT molecular complexity index is 222. The highest BCUT2D eigenvalue weighted by molar-refractivity contribution is 6.96. The summed E-state index contributed by atoms with van der Waals surface area (Å²) in [5.41, 5.74) is 0. The molecule has 0 aromatic carbocycles.